The lowest BCUT2D eigenvalue weighted by atomic mass is 10.0. The van der Waals surface area contributed by atoms with Crippen LogP contribution in [0.2, 0.25) is 0 Å². The highest BCUT2D eigenvalue weighted by Crippen LogP contribution is 2.30. The smallest absolute Gasteiger partial charge is 0.326 e. The van der Waals surface area contributed by atoms with Crippen molar-refractivity contribution in [2.75, 3.05) is 20.3 Å². The summed E-state index contributed by atoms with van der Waals surface area (Å²) in [6.07, 6.45) is 1.94. The van der Waals surface area contributed by atoms with Gasteiger partial charge in [-0.25, -0.2) is 4.79 Å². The van der Waals surface area contributed by atoms with Crippen LogP contribution in [-0.4, -0.2) is 53.1 Å². The minimum Gasteiger partial charge on any atom is -0.490 e. The van der Waals surface area contributed by atoms with Crippen LogP contribution in [0, 0.1) is 10.1 Å². The number of nitro benzene ring substituents is 1. The molecule has 24 heavy (non-hydrogen) atoms. The molecule has 1 aliphatic rings. The molecule has 1 amide bonds. The molecular weight excluding hydrogens is 320 g/mol. The number of rotatable bonds is 6. The molecule has 1 N–H and O–H groups in total. The molecule has 1 saturated heterocycles. The van der Waals surface area contributed by atoms with E-state index in [1.165, 1.54) is 30.2 Å². The Bertz CT molecular complexity index is 647. The van der Waals surface area contributed by atoms with Crippen LogP contribution in [0.1, 0.15) is 19.3 Å². The summed E-state index contributed by atoms with van der Waals surface area (Å²) >= 11 is 0. The number of benzene rings is 1. The lowest BCUT2D eigenvalue weighted by molar-refractivity contribution is -0.385. The Hall–Kier alpha value is -2.84. The van der Waals surface area contributed by atoms with E-state index in [1.807, 2.05) is 0 Å². The number of carboxylic acid groups (broad SMARTS) is 1. The average molecular weight is 338 g/mol. The molecule has 0 saturated carbocycles. The molecular formula is C15H18N2O7. The molecule has 9 heteroatoms. The molecule has 1 aromatic carbocycles. The topological polar surface area (TPSA) is 119 Å². The maximum absolute atomic E-state index is 12.2. The lowest BCUT2D eigenvalue weighted by Gasteiger charge is -2.32. The fourth-order valence-electron chi connectivity index (χ4n) is 2.61. The van der Waals surface area contributed by atoms with E-state index in [0.29, 0.717) is 13.0 Å². The number of ether oxygens (including phenoxy) is 2. The standard InChI is InChI=1S/C15H18N2O7/c1-23-13-8-10(5-6-11(13)17(21)22)24-9-14(18)16-7-3-2-4-12(16)15(19)20/h5-6,8,12H,2-4,7,9H2,1H3,(H,19,20). The number of hydrogen-bond donors (Lipinski definition) is 1. The maximum atomic E-state index is 12.2. The number of piperidine rings is 1. The molecule has 1 aromatic rings. The molecule has 0 aromatic heterocycles. The normalized spacial score (nSPS) is 17.2. The van der Waals surface area contributed by atoms with Crippen molar-refractivity contribution in [1.29, 1.82) is 0 Å². The van der Waals surface area contributed by atoms with Crippen molar-refractivity contribution in [1.82, 2.24) is 4.90 Å². The Morgan fingerprint density at radius 3 is 2.79 bits per heavy atom. The van der Waals surface area contributed by atoms with Crippen molar-refractivity contribution < 1.29 is 29.1 Å². The van der Waals surface area contributed by atoms with Crippen molar-refractivity contribution in [3.63, 3.8) is 0 Å². The predicted octanol–water partition coefficient (Wildman–Crippen LogP) is 1.45. The number of likely N-dealkylation sites (tertiary alicyclic amines) is 1. The number of carbonyl (C=O) groups is 2. The summed E-state index contributed by atoms with van der Waals surface area (Å²) < 4.78 is 10.3. The minimum atomic E-state index is -1.03. The van der Waals surface area contributed by atoms with Crippen LogP contribution in [0.5, 0.6) is 11.5 Å². The molecule has 1 aliphatic heterocycles. The zero-order valence-electron chi connectivity index (χ0n) is 13.1. The summed E-state index contributed by atoms with van der Waals surface area (Å²) in [4.78, 5) is 35.0. The minimum absolute atomic E-state index is 0.0198. The Kier molecular flexibility index (Phi) is 5.56. The molecule has 1 fully saturated rings. The molecule has 1 heterocycles. The van der Waals surface area contributed by atoms with Crippen LogP contribution in [0.4, 0.5) is 5.69 Å². The molecule has 0 spiro atoms. The molecule has 0 radical (unpaired) electrons. The molecule has 9 nitrogen and oxygen atoms in total. The summed E-state index contributed by atoms with van der Waals surface area (Å²) in [6, 6.07) is 3.07. The monoisotopic (exact) mass is 338 g/mol. The van der Waals surface area contributed by atoms with E-state index >= 15 is 0 Å². The number of carboxylic acids is 1. The van der Waals surface area contributed by atoms with Gasteiger partial charge in [0, 0.05) is 18.7 Å². The van der Waals surface area contributed by atoms with Gasteiger partial charge in [-0.2, -0.15) is 0 Å². The first-order valence-corrected chi connectivity index (χ1v) is 7.41. The number of nitrogens with zero attached hydrogens (tertiary/aromatic N) is 2. The summed E-state index contributed by atoms with van der Waals surface area (Å²) in [5, 5.41) is 20.0. The first-order valence-electron chi connectivity index (χ1n) is 7.41. The molecule has 0 bridgehead atoms. The molecule has 0 aliphatic carbocycles. The summed E-state index contributed by atoms with van der Waals surface area (Å²) in [5.74, 6) is -1.21. The van der Waals surface area contributed by atoms with Crippen LogP contribution in [-0.2, 0) is 9.59 Å². The maximum Gasteiger partial charge on any atom is 0.326 e. The van der Waals surface area contributed by atoms with Crippen molar-refractivity contribution in [2.24, 2.45) is 0 Å². The van der Waals surface area contributed by atoms with Crippen molar-refractivity contribution in [2.45, 2.75) is 25.3 Å². The third-order valence-electron chi connectivity index (χ3n) is 3.82. The first kappa shape index (κ1) is 17.5. The van der Waals surface area contributed by atoms with Gasteiger partial charge >= 0.3 is 11.7 Å². The van der Waals surface area contributed by atoms with Crippen molar-refractivity contribution in [3.8, 4) is 11.5 Å². The second kappa shape index (κ2) is 7.62. The van der Waals surface area contributed by atoms with Crippen LogP contribution in [0.15, 0.2) is 18.2 Å². The Morgan fingerprint density at radius 1 is 1.42 bits per heavy atom. The molecule has 1 unspecified atom stereocenters. The van der Waals surface area contributed by atoms with Gasteiger partial charge in [0.05, 0.1) is 12.0 Å². The van der Waals surface area contributed by atoms with Gasteiger partial charge in [0.15, 0.2) is 6.61 Å². The summed E-state index contributed by atoms with van der Waals surface area (Å²) in [5.41, 5.74) is -0.210. The number of nitro groups is 1. The van der Waals surface area contributed by atoms with E-state index in [9.17, 15) is 24.8 Å². The van der Waals surface area contributed by atoms with Gasteiger partial charge in [-0.3, -0.25) is 14.9 Å². The number of amides is 1. The predicted molar refractivity (Wildman–Crippen MR) is 82.1 cm³/mol. The van der Waals surface area contributed by atoms with Crippen LogP contribution in [0.3, 0.4) is 0 Å². The van der Waals surface area contributed by atoms with Gasteiger partial charge in [0.25, 0.3) is 5.91 Å². The fraction of sp³-hybridized carbons (Fsp3) is 0.467. The number of hydrogen-bond acceptors (Lipinski definition) is 6. The number of carbonyl (C=O) groups excluding carboxylic acids is 1. The Labute approximate surface area is 137 Å². The lowest BCUT2D eigenvalue weighted by Crippen LogP contribution is -2.49. The highest BCUT2D eigenvalue weighted by molar-refractivity contribution is 5.84. The number of methoxy groups -OCH3 is 1. The Balaban J connectivity index is 2.03. The van der Waals surface area contributed by atoms with E-state index in [4.69, 9.17) is 9.47 Å². The molecule has 2 rings (SSSR count). The third kappa shape index (κ3) is 3.92. The van der Waals surface area contributed by atoms with Gasteiger partial charge in [0.2, 0.25) is 5.75 Å². The van der Waals surface area contributed by atoms with E-state index in [-0.39, 0.29) is 23.8 Å². The third-order valence-corrected chi connectivity index (χ3v) is 3.82. The number of aliphatic carboxylic acids is 1. The summed E-state index contributed by atoms with van der Waals surface area (Å²) in [6.45, 7) is 0.0352. The summed E-state index contributed by atoms with van der Waals surface area (Å²) in [7, 11) is 1.29. The van der Waals surface area contributed by atoms with Gasteiger partial charge in [0.1, 0.15) is 11.8 Å². The van der Waals surface area contributed by atoms with Crippen LogP contribution >= 0.6 is 0 Å². The second-order valence-electron chi connectivity index (χ2n) is 5.32. The van der Waals surface area contributed by atoms with Crippen molar-refractivity contribution >= 4 is 17.6 Å². The zero-order chi connectivity index (χ0) is 17.7. The zero-order valence-corrected chi connectivity index (χ0v) is 13.1. The molecule has 130 valence electrons. The van der Waals surface area contributed by atoms with Crippen LogP contribution in [0.25, 0.3) is 0 Å². The van der Waals surface area contributed by atoms with Gasteiger partial charge in [-0.15, -0.1) is 0 Å². The van der Waals surface area contributed by atoms with E-state index < -0.39 is 22.8 Å². The van der Waals surface area contributed by atoms with Gasteiger partial charge < -0.3 is 19.5 Å². The highest BCUT2D eigenvalue weighted by Gasteiger charge is 2.32. The Morgan fingerprint density at radius 2 is 2.17 bits per heavy atom. The SMILES string of the molecule is COc1cc(OCC(=O)N2CCCCC2C(=O)O)ccc1[N+](=O)[O-]. The van der Waals surface area contributed by atoms with E-state index in [1.54, 1.807) is 0 Å². The molecule has 1 atom stereocenters. The average Bonchev–Trinajstić information content (AvgIpc) is 2.59. The van der Waals surface area contributed by atoms with Crippen molar-refractivity contribution in [3.05, 3.63) is 28.3 Å². The van der Waals surface area contributed by atoms with Crippen LogP contribution < -0.4 is 9.47 Å². The van der Waals surface area contributed by atoms with E-state index in [0.717, 1.165) is 12.8 Å². The van der Waals surface area contributed by atoms with E-state index in [2.05, 4.69) is 0 Å². The first-order chi connectivity index (χ1) is 11.4. The quantitative estimate of drug-likeness (QED) is 0.615. The fourth-order valence-corrected chi connectivity index (χ4v) is 2.61. The highest BCUT2D eigenvalue weighted by atomic mass is 16.6. The van der Waals surface area contributed by atoms with Gasteiger partial charge in [-0.05, 0) is 25.3 Å². The largest absolute Gasteiger partial charge is 0.490 e. The van der Waals surface area contributed by atoms with Gasteiger partial charge in [-0.1, -0.05) is 0 Å². The second-order valence-corrected chi connectivity index (χ2v) is 5.32.